The van der Waals surface area contributed by atoms with Gasteiger partial charge in [0.2, 0.25) is 0 Å². The van der Waals surface area contributed by atoms with Crippen LogP contribution in [0.2, 0.25) is 0 Å². The third-order valence-corrected chi connectivity index (χ3v) is 4.21. The van der Waals surface area contributed by atoms with E-state index in [0.29, 0.717) is 13.4 Å². The zero-order valence-electron chi connectivity index (χ0n) is 13.3. The Kier molecular flexibility index (Phi) is 5.41. The van der Waals surface area contributed by atoms with Crippen LogP contribution in [-0.2, 0) is 9.47 Å². The minimum Gasteiger partial charge on any atom is -0.387 e. The summed E-state index contributed by atoms with van der Waals surface area (Å²) in [6, 6.07) is 19.7. The fourth-order valence-corrected chi connectivity index (χ4v) is 2.97. The number of benzene rings is 2. The SMILES string of the molecule is CC(NC1COCOC1c1ccccc1)C(O)c1ccccc1. The molecule has 1 aliphatic rings. The molecule has 1 fully saturated rings. The van der Waals surface area contributed by atoms with Crippen LogP contribution < -0.4 is 5.32 Å². The van der Waals surface area contributed by atoms with Crippen molar-refractivity contribution in [3.05, 3.63) is 71.8 Å². The number of rotatable bonds is 5. The van der Waals surface area contributed by atoms with E-state index in [0.717, 1.165) is 11.1 Å². The molecular weight excluding hydrogens is 290 g/mol. The van der Waals surface area contributed by atoms with Crippen LogP contribution in [-0.4, -0.2) is 30.6 Å². The maximum atomic E-state index is 10.5. The van der Waals surface area contributed by atoms with Gasteiger partial charge in [-0.15, -0.1) is 0 Å². The zero-order valence-corrected chi connectivity index (χ0v) is 13.3. The van der Waals surface area contributed by atoms with Crippen LogP contribution in [0.1, 0.15) is 30.3 Å². The molecule has 2 aromatic rings. The highest BCUT2D eigenvalue weighted by Gasteiger charge is 2.30. The summed E-state index contributed by atoms with van der Waals surface area (Å²) >= 11 is 0. The molecular formula is C19H23NO3. The topological polar surface area (TPSA) is 50.7 Å². The predicted octanol–water partition coefficient (Wildman–Crippen LogP) is 2.81. The van der Waals surface area contributed by atoms with Gasteiger partial charge in [0.05, 0.1) is 18.8 Å². The van der Waals surface area contributed by atoms with Gasteiger partial charge in [0.25, 0.3) is 0 Å². The average molecular weight is 313 g/mol. The smallest absolute Gasteiger partial charge is 0.147 e. The van der Waals surface area contributed by atoms with E-state index in [1.165, 1.54) is 0 Å². The van der Waals surface area contributed by atoms with E-state index >= 15 is 0 Å². The summed E-state index contributed by atoms with van der Waals surface area (Å²) in [7, 11) is 0. The van der Waals surface area contributed by atoms with E-state index < -0.39 is 6.10 Å². The van der Waals surface area contributed by atoms with Crippen molar-refractivity contribution >= 4 is 0 Å². The Labute approximate surface area is 137 Å². The van der Waals surface area contributed by atoms with Gasteiger partial charge in [-0.2, -0.15) is 0 Å². The Hall–Kier alpha value is -1.72. The largest absolute Gasteiger partial charge is 0.387 e. The molecule has 4 nitrogen and oxygen atoms in total. The summed E-state index contributed by atoms with van der Waals surface area (Å²) in [5.74, 6) is 0. The van der Waals surface area contributed by atoms with E-state index in [1.807, 2.05) is 55.5 Å². The molecule has 1 aliphatic heterocycles. The second-order valence-electron chi connectivity index (χ2n) is 5.90. The molecule has 0 bridgehead atoms. The van der Waals surface area contributed by atoms with E-state index in [-0.39, 0.29) is 18.2 Å². The van der Waals surface area contributed by atoms with Crippen LogP contribution in [0.25, 0.3) is 0 Å². The van der Waals surface area contributed by atoms with Crippen molar-refractivity contribution in [3.8, 4) is 0 Å². The first kappa shape index (κ1) is 16.1. The number of hydrogen-bond acceptors (Lipinski definition) is 4. The molecule has 122 valence electrons. The van der Waals surface area contributed by atoms with Gasteiger partial charge in [-0.25, -0.2) is 0 Å². The van der Waals surface area contributed by atoms with Crippen molar-refractivity contribution in [3.63, 3.8) is 0 Å². The van der Waals surface area contributed by atoms with Gasteiger partial charge in [0, 0.05) is 6.04 Å². The van der Waals surface area contributed by atoms with Crippen molar-refractivity contribution in [2.75, 3.05) is 13.4 Å². The maximum absolute atomic E-state index is 10.5. The second-order valence-corrected chi connectivity index (χ2v) is 5.90. The van der Waals surface area contributed by atoms with Crippen molar-refractivity contribution in [1.29, 1.82) is 0 Å². The van der Waals surface area contributed by atoms with Crippen LogP contribution >= 0.6 is 0 Å². The quantitative estimate of drug-likeness (QED) is 0.891. The molecule has 0 radical (unpaired) electrons. The van der Waals surface area contributed by atoms with Gasteiger partial charge in [-0.1, -0.05) is 60.7 Å². The summed E-state index contributed by atoms with van der Waals surface area (Å²) in [5.41, 5.74) is 2.02. The lowest BCUT2D eigenvalue weighted by molar-refractivity contribution is -0.160. The lowest BCUT2D eigenvalue weighted by atomic mass is 9.98. The maximum Gasteiger partial charge on any atom is 0.147 e. The molecule has 2 N–H and O–H groups in total. The average Bonchev–Trinajstić information content (AvgIpc) is 2.63. The molecule has 0 saturated carbocycles. The van der Waals surface area contributed by atoms with Crippen LogP contribution in [0.4, 0.5) is 0 Å². The molecule has 0 aromatic heterocycles. The van der Waals surface area contributed by atoms with Crippen molar-refractivity contribution < 1.29 is 14.6 Å². The van der Waals surface area contributed by atoms with Gasteiger partial charge in [0.15, 0.2) is 0 Å². The molecule has 0 aliphatic carbocycles. The fourth-order valence-electron chi connectivity index (χ4n) is 2.97. The van der Waals surface area contributed by atoms with Crippen molar-refractivity contribution in [2.45, 2.75) is 31.2 Å². The minimum absolute atomic E-state index is 0.000452. The van der Waals surface area contributed by atoms with E-state index in [1.54, 1.807) is 0 Å². The molecule has 1 heterocycles. The summed E-state index contributed by atoms with van der Waals surface area (Å²) < 4.78 is 11.3. The summed E-state index contributed by atoms with van der Waals surface area (Å²) in [6.07, 6.45) is -0.648. The highest BCUT2D eigenvalue weighted by molar-refractivity contribution is 5.21. The van der Waals surface area contributed by atoms with Gasteiger partial charge in [-0.05, 0) is 18.1 Å². The fraction of sp³-hybridized carbons (Fsp3) is 0.368. The molecule has 2 aromatic carbocycles. The monoisotopic (exact) mass is 313 g/mol. The Balaban J connectivity index is 1.69. The molecule has 1 saturated heterocycles. The second kappa shape index (κ2) is 7.70. The molecule has 0 amide bonds. The number of hydrogen-bond donors (Lipinski definition) is 2. The van der Waals surface area contributed by atoms with E-state index in [2.05, 4.69) is 17.4 Å². The van der Waals surface area contributed by atoms with Gasteiger partial charge in [0.1, 0.15) is 12.9 Å². The number of nitrogens with one attached hydrogen (secondary N) is 1. The van der Waals surface area contributed by atoms with Gasteiger partial charge in [-0.3, -0.25) is 0 Å². The number of aliphatic hydroxyl groups excluding tert-OH is 1. The van der Waals surface area contributed by atoms with E-state index in [9.17, 15) is 5.11 Å². The predicted molar refractivity (Wildman–Crippen MR) is 88.9 cm³/mol. The Bertz CT molecular complexity index is 590. The third kappa shape index (κ3) is 3.98. The Morgan fingerprint density at radius 2 is 1.70 bits per heavy atom. The minimum atomic E-state index is -0.574. The molecule has 4 heteroatoms. The van der Waals surface area contributed by atoms with Crippen molar-refractivity contribution in [1.82, 2.24) is 5.32 Å². The Morgan fingerprint density at radius 3 is 2.39 bits per heavy atom. The van der Waals surface area contributed by atoms with Crippen LogP contribution in [0, 0.1) is 0 Å². The van der Waals surface area contributed by atoms with Gasteiger partial charge >= 0.3 is 0 Å². The zero-order chi connectivity index (χ0) is 16.1. The molecule has 0 spiro atoms. The normalized spacial score (nSPS) is 24.1. The molecule has 4 unspecified atom stereocenters. The lowest BCUT2D eigenvalue weighted by Gasteiger charge is -2.35. The Morgan fingerprint density at radius 1 is 1.04 bits per heavy atom. The van der Waals surface area contributed by atoms with Crippen LogP contribution in [0.5, 0.6) is 0 Å². The number of aliphatic hydroxyl groups is 1. The highest BCUT2D eigenvalue weighted by Crippen LogP contribution is 2.26. The third-order valence-electron chi connectivity index (χ3n) is 4.21. The summed E-state index contributed by atoms with van der Waals surface area (Å²) in [6.45, 7) is 2.84. The highest BCUT2D eigenvalue weighted by atomic mass is 16.7. The van der Waals surface area contributed by atoms with Gasteiger partial charge < -0.3 is 19.9 Å². The first-order valence-electron chi connectivity index (χ1n) is 7.99. The van der Waals surface area contributed by atoms with E-state index in [4.69, 9.17) is 9.47 Å². The molecule has 23 heavy (non-hydrogen) atoms. The number of ether oxygens (including phenoxy) is 2. The van der Waals surface area contributed by atoms with Crippen molar-refractivity contribution in [2.24, 2.45) is 0 Å². The molecule has 4 atom stereocenters. The first-order chi connectivity index (χ1) is 11.3. The lowest BCUT2D eigenvalue weighted by Crippen LogP contribution is -2.49. The van der Waals surface area contributed by atoms with Crippen LogP contribution in [0.3, 0.4) is 0 Å². The standard InChI is InChI=1S/C19H23NO3/c1-14(18(21)15-8-4-2-5-9-15)20-17-12-22-13-23-19(17)16-10-6-3-7-11-16/h2-11,14,17-21H,12-13H2,1H3. The first-order valence-corrected chi connectivity index (χ1v) is 7.99. The summed E-state index contributed by atoms with van der Waals surface area (Å²) in [5, 5.41) is 14.0. The molecule has 3 rings (SSSR count). The summed E-state index contributed by atoms with van der Waals surface area (Å²) in [4.78, 5) is 0. The van der Waals surface area contributed by atoms with Crippen LogP contribution in [0.15, 0.2) is 60.7 Å².